The largest absolute Gasteiger partial charge is 0.379 e. The lowest BCUT2D eigenvalue weighted by Gasteiger charge is -2.21. The molecule has 0 saturated heterocycles. The van der Waals surface area contributed by atoms with Crippen LogP contribution in [0.5, 0.6) is 0 Å². The van der Waals surface area contributed by atoms with E-state index in [1.807, 2.05) is 0 Å². The van der Waals surface area contributed by atoms with Crippen molar-refractivity contribution in [3.05, 3.63) is 97.2 Å². The summed E-state index contributed by atoms with van der Waals surface area (Å²) >= 11 is 0. The van der Waals surface area contributed by atoms with Gasteiger partial charge in [0.05, 0.1) is 25.4 Å². The zero-order valence-corrected chi connectivity index (χ0v) is 56.3. The molecular formula is C79H144O4. The molecule has 0 aromatic rings. The highest BCUT2D eigenvalue weighted by molar-refractivity contribution is 4.95. The number of ether oxygens (including phenoxy) is 4. The van der Waals surface area contributed by atoms with Gasteiger partial charge >= 0.3 is 0 Å². The van der Waals surface area contributed by atoms with Crippen molar-refractivity contribution < 1.29 is 18.9 Å². The van der Waals surface area contributed by atoms with Crippen LogP contribution in [0.4, 0.5) is 0 Å². The van der Waals surface area contributed by atoms with E-state index in [-0.39, 0.29) is 12.2 Å². The van der Waals surface area contributed by atoms with Crippen molar-refractivity contribution in [3.8, 4) is 0 Å². The highest BCUT2D eigenvalue weighted by Crippen LogP contribution is 2.17. The van der Waals surface area contributed by atoms with Crippen molar-refractivity contribution in [1.82, 2.24) is 0 Å². The molecule has 0 bridgehead atoms. The molecule has 0 aromatic carbocycles. The second-order valence-electron chi connectivity index (χ2n) is 24.4. The van der Waals surface area contributed by atoms with E-state index in [2.05, 4.69) is 125 Å². The fourth-order valence-electron chi connectivity index (χ4n) is 10.5. The summed E-state index contributed by atoms with van der Waals surface area (Å²) in [6.45, 7) is 13.9. The average molecular weight is 1160 g/mol. The number of hydrogen-bond acceptors (Lipinski definition) is 4. The second-order valence-corrected chi connectivity index (χ2v) is 24.4. The van der Waals surface area contributed by atoms with Crippen molar-refractivity contribution in [2.24, 2.45) is 0 Å². The van der Waals surface area contributed by atoms with Crippen LogP contribution in [-0.2, 0) is 18.9 Å². The molecule has 0 heterocycles. The molecule has 0 N–H and O–H groups in total. The van der Waals surface area contributed by atoms with Gasteiger partial charge < -0.3 is 18.9 Å². The third-order valence-electron chi connectivity index (χ3n) is 16.0. The first kappa shape index (κ1) is 80.8. The molecule has 0 radical (unpaired) electrons. The smallest absolute Gasteiger partial charge is 0.0808 e. The molecule has 0 aliphatic heterocycles. The summed E-state index contributed by atoms with van der Waals surface area (Å²) in [6.07, 6.45) is 102. The van der Waals surface area contributed by atoms with E-state index in [0.29, 0.717) is 13.2 Å². The molecule has 0 spiro atoms. The number of rotatable bonds is 70. The maximum atomic E-state index is 6.64. The van der Waals surface area contributed by atoms with Crippen molar-refractivity contribution in [2.45, 2.75) is 367 Å². The van der Waals surface area contributed by atoms with Crippen LogP contribution in [0.3, 0.4) is 0 Å². The van der Waals surface area contributed by atoms with Gasteiger partial charge in [-0.15, -0.1) is 0 Å². The molecule has 0 rings (SSSR count). The third-order valence-corrected chi connectivity index (χ3v) is 16.0. The first-order valence-corrected chi connectivity index (χ1v) is 36.9. The minimum atomic E-state index is 0.157. The van der Waals surface area contributed by atoms with E-state index in [1.54, 1.807) is 0 Å². The Balaban J connectivity index is 4.97. The fraction of sp³-hybridized carbons (Fsp3) is 0.797. The van der Waals surface area contributed by atoms with Gasteiger partial charge in [-0.25, -0.2) is 0 Å². The lowest BCUT2D eigenvalue weighted by molar-refractivity contribution is -0.0369. The zero-order valence-electron chi connectivity index (χ0n) is 56.3. The lowest BCUT2D eigenvalue weighted by atomic mass is 10.1. The monoisotopic (exact) mass is 1160 g/mol. The molecule has 0 aliphatic carbocycles. The van der Waals surface area contributed by atoms with Gasteiger partial charge in [-0.1, -0.05) is 279 Å². The quantitative estimate of drug-likeness (QED) is 0.0449. The van der Waals surface area contributed by atoms with E-state index < -0.39 is 0 Å². The Hall–Kier alpha value is -2.24. The van der Waals surface area contributed by atoms with Crippen molar-refractivity contribution in [2.75, 3.05) is 39.6 Å². The van der Waals surface area contributed by atoms with E-state index in [9.17, 15) is 0 Å². The van der Waals surface area contributed by atoms with Crippen molar-refractivity contribution in [1.29, 1.82) is 0 Å². The highest BCUT2D eigenvalue weighted by Gasteiger charge is 2.15. The predicted molar refractivity (Wildman–Crippen MR) is 372 cm³/mol. The van der Waals surface area contributed by atoms with Gasteiger partial charge in [0.15, 0.2) is 0 Å². The van der Waals surface area contributed by atoms with Gasteiger partial charge in [-0.2, -0.15) is 0 Å². The van der Waals surface area contributed by atoms with E-state index >= 15 is 0 Å². The molecule has 0 aromatic heterocycles. The summed E-state index contributed by atoms with van der Waals surface area (Å²) in [7, 11) is 0. The minimum Gasteiger partial charge on any atom is -0.379 e. The zero-order chi connectivity index (χ0) is 59.6. The molecule has 4 heteroatoms. The van der Waals surface area contributed by atoms with Gasteiger partial charge in [0.2, 0.25) is 0 Å². The molecule has 0 amide bonds. The standard InChI is InChI=1S/C79H144O4/c1-5-9-13-17-21-25-29-33-37-41-45-49-53-57-61-65-72-80-76-78(82-74-67-63-59-55-51-47-43-39-35-31-27-23-19-15-11-7-3)70-69-71-79(83-75-68-64-60-56-52-48-44-40-36-32-28-24-20-16-12-8-4)77-81-73-66-62-58-54-50-46-42-38-34-30-26-22-18-14-10-6-2/h21-28,33-40,78-79H,5-20,29-32,41-77H2,1-4H3/b25-21-,26-22-,27-23-,28-24-,37-33-,38-34-,39-35-,40-36-. The Morgan fingerprint density at radius 1 is 0.205 bits per heavy atom. The summed E-state index contributed by atoms with van der Waals surface area (Å²) in [5.41, 5.74) is 0. The molecular weight excluding hydrogens is 1010 g/mol. The second kappa shape index (κ2) is 75.9. The number of allylic oxidation sites excluding steroid dienone is 16. The summed E-state index contributed by atoms with van der Waals surface area (Å²) in [6, 6.07) is 0. The SMILES string of the molecule is CCCCC/C=C\C/C=C\CCCCCCCCOCC(CCCC(COCCCCCCCC/C=C\C/C=C\CCCCC)OCCCCCCCC/C=C\C/C=C\CCCCC)OCCCCCCCC/C=C\C/C=C\CCCCC. The van der Waals surface area contributed by atoms with E-state index in [1.165, 1.54) is 257 Å². The van der Waals surface area contributed by atoms with Gasteiger partial charge in [0.25, 0.3) is 0 Å². The van der Waals surface area contributed by atoms with E-state index in [0.717, 1.165) is 97.1 Å². The molecule has 4 nitrogen and oxygen atoms in total. The van der Waals surface area contributed by atoms with Crippen LogP contribution in [0.15, 0.2) is 97.2 Å². The highest BCUT2D eigenvalue weighted by atomic mass is 16.5. The van der Waals surface area contributed by atoms with Crippen LogP contribution in [0, 0.1) is 0 Å². The van der Waals surface area contributed by atoms with Gasteiger partial charge in [0.1, 0.15) is 0 Å². The molecule has 0 saturated carbocycles. The topological polar surface area (TPSA) is 36.9 Å². The van der Waals surface area contributed by atoms with Crippen molar-refractivity contribution in [3.63, 3.8) is 0 Å². The Bertz CT molecular complexity index is 1330. The fourth-order valence-corrected chi connectivity index (χ4v) is 10.5. The Kier molecular flexibility index (Phi) is 73.8. The van der Waals surface area contributed by atoms with Gasteiger partial charge in [-0.3, -0.25) is 0 Å². The molecule has 0 aliphatic rings. The molecule has 2 atom stereocenters. The maximum Gasteiger partial charge on any atom is 0.0808 e. The van der Waals surface area contributed by atoms with Crippen LogP contribution in [0.1, 0.15) is 355 Å². The molecule has 484 valence electrons. The number of unbranched alkanes of at least 4 members (excludes halogenated alkanes) is 36. The van der Waals surface area contributed by atoms with Crippen LogP contribution in [0.25, 0.3) is 0 Å². The van der Waals surface area contributed by atoms with Crippen LogP contribution < -0.4 is 0 Å². The Morgan fingerprint density at radius 3 is 0.651 bits per heavy atom. The van der Waals surface area contributed by atoms with E-state index in [4.69, 9.17) is 18.9 Å². The summed E-state index contributed by atoms with van der Waals surface area (Å²) in [4.78, 5) is 0. The molecule has 2 unspecified atom stereocenters. The first-order chi connectivity index (χ1) is 41.3. The van der Waals surface area contributed by atoms with Crippen LogP contribution in [0.2, 0.25) is 0 Å². The summed E-state index contributed by atoms with van der Waals surface area (Å²) in [5.74, 6) is 0. The van der Waals surface area contributed by atoms with Crippen LogP contribution >= 0.6 is 0 Å². The Labute approximate surface area is 520 Å². The van der Waals surface area contributed by atoms with Crippen LogP contribution in [-0.4, -0.2) is 51.8 Å². The first-order valence-electron chi connectivity index (χ1n) is 36.9. The summed E-state index contributed by atoms with van der Waals surface area (Å²) in [5, 5.41) is 0. The van der Waals surface area contributed by atoms with Gasteiger partial charge in [-0.05, 0) is 173 Å². The minimum absolute atomic E-state index is 0.157. The number of hydrogen-bond donors (Lipinski definition) is 0. The molecule has 0 fully saturated rings. The predicted octanol–water partition coefficient (Wildman–Crippen LogP) is 26.2. The summed E-state index contributed by atoms with van der Waals surface area (Å²) < 4.78 is 26.0. The van der Waals surface area contributed by atoms with Gasteiger partial charge in [0, 0.05) is 26.4 Å². The Morgan fingerprint density at radius 2 is 0.410 bits per heavy atom. The molecule has 83 heavy (non-hydrogen) atoms. The normalized spacial score (nSPS) is 13.3. The average Bonchev–Trinajstić information content (AvgIpc) is 3.49. The maximum absolute atomic E-state index is 6.64. The van der Waals surface area contributed by atoms with Crippen molar-refractivity contribution >= 4 is 0 Å². The lowest BCUT2D eigenvalue weighted by Crippen LogP contribution is -2.24. The third kappa shape index (κ3) is 72.1.